The van der Waals surface area contributed by atoms with Gasteiger partial charge in [-0.05, 0) is 82.3 Å². The Balaban J connectivity index is 1.24. The van der Waals surface area contributed by atoms with Gasteiger partial charge in [0.05, 0.1) is 12.8 Å². The first-order valence-corrected chi connectivity index (χ1v) is 13.5. The van der Waals surface area contributed by atoms with E-state index in [1.165, 1.54) is 25.0 Å². The number of benzene rings is 1. The summed E-state index contributed by atoms with van der Waals surface area (Å²) in [4.78, 5) is 27.3. The fourth-order valence-electron chi connectivity index (χ4n) is 5.95. The van der Waals surface area contributed by atoms with Crippen LogP contribution in [0.1, 0.15) is 39.0 Å². The number of ether oxygens (including phenoxy) is 2. The Bertz CT molecular complexity index is 1070. The van der Waals surface area contributed by atoms with Crippen LogP contribution in [-0.4, -0.2) is 79.4 Å². The minimum absolute atomic E-state index is 0.00190. The zero-order chi connectivity index (χ0) is 25.8. The molecule has 8 nitrogen and oxygen atoms in total. The number of hydrogen-bond donors (Lipinski definition) is 1. The Hall–Kier alpha value is -2.78. The molecule has 1 atom stereocenters. The molecule has 1 unspecified atom stereocenters. The highest BCUT2D eigenvalue weighted by molar-refractivity contribution is 5.80. The number of piperidine rings is 2. The number of carbonyl (C=O) groups is 1. The van der Waals surface area contributed by atoms with Crippen LogP contribution in [0.4, 0.5) is 10.3 Å². The van der Waals surface area contributed by atoms with Crippen LogP contribution in [0.15, 0.2) is 30.5 Å². The molecular formula is C28H38FN5O3. The SMILES string of the molecule is COCCOc1cnc(N2CCC(C(=O)NC3(C)CCN4CCC3CC4)CC2)nc1-c1ccc(F)cc1. The first kappa shape index (κ1) is 25.9. The van der Waals surface area contributed by atoms with Crippen LogP contribution in [0.25, 0.3) is 11.3 Å². The van der Waals surface area contributed by atoms with E-state index in [4.69, 9.17) is 14.5 Å². The summed E-state index contributed by atoms with van der Waals surface area (Å²) in [5.41, 5.74) is 1.27. The molecule has 1 N–H and O–H groups in total. The van der Waals surface area contributed by atoms with Crippen molar-refractivity contribution in [1.82, 2.24) is 20.2 Å². The summed E-state index contributed by atoms with van der Waals surface area (Å²) in [7, 11) is 1.62. The number of amides is 1. The maximum absolute atomic E-state index is 13.5. The number of halogens is 1. The zero-order valence-electron chi connectivity index (χ0n) is 21.9. The van der Waals surface area contributed by atoms with Gasteiger partial charge in [0.2, 0.25) is 11.9 Å². The van der Waals surface area contributed by atoms with Gasteiger partial charge in [-0.2, -0.15) is 0 Å². The average molecular weight is 512 g/mol. The van der Waals surface area contributed by atoms with Crippen LogP contribution in [0.3, 0.4) is 0 Å². The molecule has 0 radical (unpaired) electrons. The molecule has 4 aliphatic rings. The highest BCUT2D eigenvalue weighted by Gasteiger charge is 2.42. The molecule has 1 aromatic heterocycles. The molecule has 4 fully saturated rings. The molecular weight excluding hydrogens is 473 g/mol. The highest BCUT2D eigenvalue weighted by atomic mass is 19.1. The predicted molar refractivity (Wildman–Crippen MR) is 140 cm³/mol. The summed E-state index contributed by atoms with van der Waals surface area (Å²) in [6.07, 6.45) is 6.58. The number of aromatic nitrogens is 2. The van der Waals surface area contributed by atoms with Gasteiger partial charge in [-0.3, -0.25) is 4.79 Å². The average Bonchev–Trinajstić information content (AvgIpc) is 3.17. The molecule has 6 rings (SSSR count). The number of methoxy groups -OCH3 is 1. The number of hydrogen-bond acceptors (Lipinski definition) is 7. The third-order valence-corrected chi connectivity index (χ3v) is 8.40. The monoisotopic (exact) mass is 511 g/mol. The third kappa shape index (κ3) is 5.88. The summed E-state index contributed by atoms with van der Waals surface area (Å²) in [6, 6.07) is 6.22. The van der Waals surface area contributed by atoms with Crippen molar-refractivity contribution >= 4 is 11.9 Å². The van der Waals surface area contributed by atoms with Crippen molar-refractivity contribution in [2.24, 2.45) is 11.8 Å². The van der Waals surface area contributed by atoms with Gasteiger partial charge in [0.25, 0.3) is 0 Å². The van der Waals surface area contributed by atoms with E-state index in [0.29, 0.717) is 49.6 Å². The number of anilines is 1. The van der Waals surface area contributed by atoms with E-state index in [1.54, 1.807) is 25.4 Å². The van der Waals surface area contributed by atoms with Crippen LogP contribution in [0.2, 0.25) is 0 Å². The number of fused-ring (bicyclic) bond motifs is 4. The second-order valence-corrected chi connectivity index (χ2v) is 10.8. The lowest BCUT2D eigenvalue weighted by Crippen LogP contribution is -2.54. The Labute approximate surface area is 218 Å². The summed E-state index contributed by atoms with van der Waals surface area (Å²) in [5, 5.41) is 3.48. The minimum Gasteiger partial charge on any atom is -0.487 e. The van der Waals surface area contributed by atoms with Crippen molar-refractivity contribution in [3.63, 3.8) is 0 Å². The number of rotatable bonds is 8. The summed E-state index contributed by atoms with van der Waals surface area (Å²) in [5.74, 6) is 1.59. The molecule has 0 saturated carbocycles. The van der Waals surface area contributed by atoms with Crippen molar-refractivity contribution in [3.05, 3.63) is 36.3 Å². The predicted octanol–water partition coefficient (Wildman–Crippen LogP) is 3.51. The lowest BCUT2D eigenvalue weighted by molar-refractivity contribution is -0.128. The summed E-state index contributed by atoms with van der Waals surface area (Å²) >= 11 is 0. The second-order valence-electron chi connectivity index (χ2n) is 10.8. The van der Waals surface area contributed by atoms with E-state index in [2.05, 4.69) is 27.0 Å². The molecule has 9 heteroatoms. The first-order chi connectivity index (χ1) is 17.9. The molecule has 200 valence electrons. The Morgan fingerprint density at radius 2 is 1.81 bits per heavy atom. The largest absolute Gasteiger partial charge is 0.487 e. The summed E-state index contributed by atoms with van der Waals surface area (Å²) < 4.78 is 24.5. The molecule has 4 saturated heterocycles. The van der Waals surface area contributed by atoms with Crippen LogP contribution in [0, 0.1) is 17.7 Å². The first-order valence-electron chi connectivity index (χ1n) is 13.5. The zero-order valence-corrected chi connectivity index (χ0v) is 21.9. The van der Waals surface area contributed by atoms with Crippen LogP contribution < -0.4 is 15.0 Å². The smallest absolute Gasteiger partial charge is 0.226 e. The third-order valence-electron chi connectivity index (χ3n) is 8.40. The molecule has 2 bridgehead atoms. The number of nitrogens with zero attached hydrogens (tertiary/aromatic N) is 4. The maximum Gasteiger partial charge on any atom is 0.226 e. The Morgan fingerprint density at radius 3 is 2.51 bits per heavy atom. The summed E-state index contributed by atoms with van der Waals surface area (Å²) in [6.45, 7) is 7.86. The molecule has 1 aromatic carbocycles. The molecule has 1 amide bonds. The van der Waals surface area contributed by atoms with E-state index in [0.717, 1.165) is 44.5 Å². The fourth-order valence-corrected chi connectivity index (χ4v) is 5.95. The highest BCUT2D eigenvalue weighted by Crippen LogP contribution is 2.36. The molecule has 0 aliphatic carbocycles. The van der Waals surface area contributed by atoms with E-state index >= 15 is 0 Å². The van der Waals surface area contributed by atoms with Gasteiger partial charge in [-0.1, -0.05) is 0 Å². The van der Waals surface area contributed by atoms with Gasteiger partial charge in [-0.15, -0.1) is 0 Å². The quantitative estimate of drug-likeness (QED) is 0.544. The van der Waals surface area contributed by atoms with Crippen molar-refractivity contribution in [2.75, 3.05) is 57.9 Å². The lowest BCUT2D eigenvalue weighted by atomic mass is 9.78. The van der Waals surface area contributed by atoms with E-state index < -0.39 is 0 Å². The molecule has 2 aromatic rings. The molecule has 5 heterocycles. The molecule has 0 spiro atoms. The van der Waals surface area contributed by atoms with Crippen molar-refractivity contribution in [3.8, 4) is 17.0 Å². The topological polar surface area (TPSA) is 79.8 Å². The second kappa shape index (κ2) is 11.3. The maximum atomic E-state index is 13.5. The lowest BCUT2D eigenvalue weighted by Gasteiger charge is -2.39. The van der Waals surface area contributed by atoms with Gasteiger partial charge >= 0.3 is 0 Å². The van der Waals surface area contributed by atoms with Gasteiger partial charge in [-0.25, -0.2) is 14.4 Å². The van der Waals surface area contributed by atoms with E-state index in [9.17, 15) is 9.18 Å². The van der Waals surface area contributed by atoms with Crippen molar-refractivity contribution < 1.29 is 18.7 Å². The van der Waals surface area contributed by atoms with Gasteiger partial charge in [0, 0.05) is 43.8 Å². The van der Waals surface area contributed by atoms with E-state index in [1.807, 2.05) is 0 Å². The molecule has 37 heavy (non-hydrogen) atoms. The standard InChI is InChI=1S/C28H38FN5O3/c1-28(11-16-33-12-9-22(28)10-13-33)32-26(35)21-7-14-34(15-8-21)27-30-19-24(37-18-17-36-2)25(31-27)20-3-5-23(29)6-4-20/h3-6,19,21-22H,7-18H2,1-2H3,(H,32,35). The minimum atomic E-state index is -0.303. The van der Waals surface area contributed by atoms with Crippen LogP contribution >= 0.6 is 0 Å². The van der Waals surface area contributed by atoms with Crippen LogP contribution in [0.5, 0.6) is 5.75 Å². The van der Waals surface area contributed by atoms with Gasteiger partial charge < -0.3 is 24.6 Å². The van der Waals surface area contributed by atoms with Crippen molar-refractivity contribution in [1.29, 1.82) is 0 Å². The normalized spacial score (nSPS) is 26.1. The number of carbonyl (C=O) groups excluding carboxylic acids is 1. The van der Waals surface area contributed by atoms with Gasteiger partial charge in [0.15, 0.2) is 5.75 Å². The van der Waals surface area contributed by atoms with Crippen molar-refractivity contribution in [2.45, 2.75) is 44.6 Å². The van der Waals surface area contributed by atoms with Gasteiger partial charge in [0.1, 0.15) is 18.1 Å². The number of nitrogens with one attached hydrogen (secondary N) is 1. The van der Waals surface area contributed by atoms with Crippen LogP contribution in [-0.2, 0) is 9.53 Å². The Kier molecular flexibility index (Phi) is 7.90. The van der Waals surface area contributed by atoms with E-state index in [-0.39, 0.29) is 23.2 Å². The molecule has 4 aliphatic heterocycles. The fraction of sp³-hybridized carbons (Fsp3) is 0.607. The Morgan fingerprint density at radius 1 is 1.08 bits per heavy atom.